The number of rotatable bonds is 3. The molecule has 1 heterocycles. The molecule has 2 rings (SSSR count). The molecule has 128 valence electrons. The fourth-order valence-electron chi connectivity index (χ4n) is 2.59. The SMILES string of the molecule is CC(C)(C)OC(=O)C(Br)c1cccc2c1CC(C(C)(C)F)CO2. The first-order valence-corrected chi connectivity index (χ1v) is 8.71. The molecule has 0 fully saturated rings. The van der Waals surface area contributed by atoms with Crippen molar-refractivity contribution in [1.82, 2.24) is 0 Å². The molecule has 1 aromatic carbocycles. The molecule has 23 heavy (non-hydrogen) atoms. The van der Waals surface area contributed by atoms with Crippen LogP contribution in [0, 0.1) is 5.92 Å². The zero-order valence-corrected chi connectivity index (χ0v) is 15.9. The summed E-state index contributed by atoms with van der Waals surface area (Å²) in [4.78, 5) is 11.7. The zero-order chi connectivity index (χ0) is 17.4. The van der Waals surface area contributed by atoms with Crippen LogP contribution in [0.15, 0.2) is 18.2 Å². The van der Waals surface area contributed by atoms with Gasteiger partial charge in [-0.15, -0.1) is 0 Å². The van der Waals surface area contributed by atoms with E-state index in [4.69, 9.17) is 9.47 Å². The maximum atomic E-state index is 14.3. The number of fused-ring (bicyclic) bond motifs is 1. The lowest BCUT2D eigenvalue weighted by atomic mass is 9.83. The Balaban J connectivity index is 2.30. The first-order chi connectivity index (χ1) is 10.5. The molecule has 0 amide bonds. The van der Waals surface area contributed by atoms with Gasteiger partial charge in [-0.1, -0.05) is 28.1 Å². The van der Waals surface area contributed by atoms with Gasteiger partial charge < -0.3 is 9.47 Å². The molecule has 0 radical (unpaired) electrons. The van der Waals surface area contributed by atoms with E-state index in [2.05, 4.69) is 15.9 Å². The molecule has 3 nitrogen and oxygen atoms in total. The van der Waals surface area contributed by atoms with Crippen molar-refractivity contribution < 1.29 is 18.7 Å². The van der Waals surface area contributed by atoms with Crippen LogP contribution in [0.25, 0.3) is 0 Å². The third kappa shape index (κ3) is 4.46. The Hall–Kier alpha value is -1.10. The number of carbonyl (C=O) groups is 1. The van der Waals surface area contributed by atoms with Crippen molar-refractivity contribution in [3.63, 3.8) is 0 Å². The average molecular weight is 387 g/mol. The normalized spacial score (nSPS) is 19.5. The molecule has 2 unspecified atom stereocenters. The molecule has 0 bridgehead atoms. The summed E-state index contributed by atoms with van der Waals surface area (Å²) >= 11 is 3.43. The van der Waals surface area contributed by atoms with E-state index >= 15 is 0 Å². The van der Waals surface area contributed by atoms with Gasteiger partial charge >= 0.3 is 5.97 Å². The summed E-state index contributed by atoms with van der Waals surface area (Å²) in [6, 6.07) is 5.56. The molecule has 0 aliphatic carbocycles. The summed E-state index contributed by atoms with van der Waals surface area (Å²) in [7, 11) is 0. The summed E-state index contributed by atoms with van der Waals surface area (Å²) in [5.41, 5.74) is -0.232. The minimum atomic E-state index is -1.33. The molecule has 5 heteroatoms. The molecule has 1 aliphatic rings. The highest BCUT2D eigenvalue weighted by molar-refractivity contribution is 9.09. The number of alkyl halides is 2. The third-order valence-corrected chi connectivity index (χ3v) is 4.78. The molecule has 0 aromatic heterocycles. The van der Waals surface area contributed by atoms with Crippen molar-refractivity contribution in [2.24, 2.45) is 5.92 Å². The number of esters is 1. The van der Waals surface area contributed by atoms with Crippen LogP contribution in [0.2, 0.25) is 0 Å². The molecule has 2 atom stereocenters. The lowest BCUT2D eigenvalue weighted by Gasteiger charge is -2.33. The summed E-state index contributed by atoms with van der Waals surface area (Å²) in [6.45, 7) is 8.96. The second-order valence-corrected chi connectivity index (χ2v) is 8.41. The van der Waals surface area contributed by atoms with Gasteiger partial charge in [0, 0.05) is 5.92 Å². The van der Waals surface area contributed by atoms with Crippen molar-refractivity contribution in [3.8, 4) is 5.75 Å². The van der Waals surface area contributed by atoms with Gasteiger partial charge in [0.15, 0.2) is 0 Å². The smallest absolute Gasteiger partial charge is 0.324 e. The van der Waals surface area contributed by atoms with Crippen LogP contribution in [0.1, 0.15) is 50.6 Å². The van der Waals surface area contributed by atoms with Gasteiger partial charge in [-0.2, -0.15) is 0 Å². The van der Waals surface area contributed by atoms with Gasteiger partial charge in [0.25, 0.3) is 0 Å². The minimum absolute atomic E-state index is 0.241. The van der Waals surface area contributed by atoms with Gasteiger partial charge in [-0.3, -0.25) is 4.79 Å². The minimum Gasteiger partial charge on any atom is -0.493 e. The predicted molar refractivity (Wildman–Crippen MR) is 91.8 cm³/mol. The van der Waals surface area contributed by atoms with E-state index in [9.17, 15) is 9.18 Å². The number of carbonyl (C=O) groups excluding carboxylic acids is 1. The van der Waals surface area contributed by atoms with Crippen molar-refractivity contribution >= 4 is 21.9 Å². The van der Waals surface area contributed by atoms with Crippen LogP contribution in [0.5, 0.6) is 5.75 Å². The molecule has 0 saturated carbocycles. The van der Waals surface area contributed by atoms with Crippen molar-refractivity contribution in [2.45, 2.75) is 57.1 Å². The van der Waals surface area contributed by atoms with Crippen LogP contribution in [-0.2, 0) is 16.0 Å². The Labute approximate surface area is 145 Å². The van der Waals surface area contributed by atoms with E-state index in [0.717, 1.165) is 16.9 Å². The summed E-state index contributed by atoms with van der Waals surface area (Å²) in [6.07, 6.45) is 0.542. The summed E-state index contributed by atoms with van der Waals surface area (Å²) < 4.78 is 25.5. The number of halogens is 2. The fraction of sp³-hybridized carbons (Fsp3) is 0.611. The maximum Gasteiger partial charge on any atom is 0.324 e. The highest BCUT2D eigenvalue weighted by Gasteiger charge is 2.36. The van der Waals surface area contributed by atoms with Crippen LogP contribution >= 0.6 is 15.9 Å². The topological polar surface area (TPSA) is 35.5 Å². The lowest BCUT2D eigenvalue weighted by molar-refractivity contribution is -0.154. The molecule has 1 aliphatic heterocycles. The van der Waals surface area contributed by atoms with Gasteiger partial charge in [0.2, 0.25) is 0 Å². The molecule has 0 saturated heterocycles. The molecular formula is C18H24BrFO3. The Morgan fingerprint density at radius 3 is 2.57 bits per heavy atom. The predicted octanol–water partition coefficient (Wildman–Crippen LogP) is 4.76. The van der Waals surface area contributed by atoms with Gasteiger partial charge in [0.1, 0.15) is 21.8 Å². The Morgan fingerprint density at radius 2 is 2.00 bits per heavy atom. The number of hydrogen-bond donors (Lipinski definition) is 0. The molecular weight excluding hydrogens is 363 g/mol. The number of ether oxygens (including phenoxy) is 2. The highest BCUT2D eigenvalue weighted by atomic mass is 79.9. The average Bonchev–Trinajstić information content (AvgIpc) is 2.42. The van der Waals surface area contributed by atoms with E-state index in [1.54, 1.807) is 13.8 Å². The van der Waals surface area contributed by atoms with Crippen LogP contribution in [0.3, 0.4) is 0 Å². The molecule has 0 spiro atoms. The van der Waals surface area contributed by atoms with Crippen molar-refractivity contribution in [1.29, 1.82) is 0 Å². The monoisotopic (exact) mass is 386 g/mol. The standard InChI is InChI=1S/C18H24BrFO3/c1-17(2,3)23-16(21)15(19)12-7-6-8-14-13(12)9-11(10-22-14)18(4,5)20/h6-8,11,15H,9-10H2,1-5H3. The van der Waals surface area contributed by atoms with Crippen LogP contribution < -0.4 is 4.74 Å². The quantitative estimate of drug-likeness (QED) is 0.554. The molecule has 1 aromatic rings. The van der Waals surface area contributed by atoms with Gasteiger partial charge in [-0.25, -0.2) is 4.39 Å². The molecule has 0 N–H and O–H groups in total. The van der Waals surface area contributed by atoms with E-state index in [0.29, 0.717) is 13.0 Å². The van der Waals surface area contributed by atoms with Crippen molar-refractivity contribution in [2.75, 3.05) is 6.61 Å². The van der Waals surface area contributed by atoms with Gasteiger partial charge in [-0.05, 0) is 58.2 Å². The summed E-state index contributed by atoms with van der Waals surface area (Å²) in [5.74, 6) is 0.123. The first-order valence-electron chi connectivity index (χ1n) is 7.79. The third-order valence-electron chi connectivity index (χ3n) is 3.92. The van der Waals surface area contributed by atoms with Gasteiger partial charge in [0.05, 0.1) is 6.61 Å². The first kappa shape index (κ1) is 18.2. The maximum absolute atomic E-state index is 14.3. The number of benzene rings is 1. The van der Waals surface area contributed by atoms with Crippen LogP contribution in [-0.4, -0.2) is 23.8 Å². The Bertz CT molecular complexity index is 587. The second-order valence-electron chi connectivity index (χ2n) is 7.50. The summed E-state index contributed by atoms with van der Waals surface area (Å²) in [5, 5.41) is 0. The van der Waals surface area contributed by atoms with E-state index in [-0.39, 0.29) is 11.9 Å². The van der Waals surface area contributed by atoms with E-state index in [1.165, 1.54) is 0 Å². The second kappa shape index (κ2) is 6.42. The number of hydrogen-bond acceptors (Lipinski definition) is 3. The van der Waals surface area contributed by atoms with E-state index < -0.39 is 16.1 Å². The Kier molecular flexibility index (Phi) is 5.09. The largest absolute Gasteiger partial charge is 0.493 e. The fourth-order valence-corrected chi connectivity index (χ4v) is 3.11. The van der Waals surface area contributed by atoms with Crippen LogP contribution in [0.4, 0.5) is 4.39 Å². The highest BCUT2D eigenvalue weighted by Crippen LogP contribution is 2.40. The van der Waals surface area contributed by atoms with Crippen molar-refractivity contribution in [3.05, 3.63) is 29.3 Å². The zero-order valence-electron chi connectivity index (χ0n) is 14.3. The Morgan fingerprint density at radius 1 is 1.35 bits per heavy atom. The van der Waals surface area contributed by atoms with E-state index in [1.807, 2.05) is 39.0 Å². The lowest BCUT2D eigenvalue weighted by Crippen LogP contribution is -2.36.